The van der Waals surface area contributed by atoms with E-state index >= 15 is 0 Å². The minimum absolute atomic E-state index is 0.0442. The summed E-state index contributed by atoms with van der Waals surface area (Å²) >= 11 is 0. The van der Waals surface area contributed by atoms with Crippen LogP contribution in [0.3, 0.4) is 0 Å². The van der Waals surface area contributed by atoms with Crippen molar-refractivity contribution >= 4 is 71.0 Å². The molecule has 0 aromatic heterocycles. The van der Waals surface area contributed by atoms with Gasteiger partial charge >= 0.3 is 5.97 Å². The lowest BCUT2D eigenvalue weighted by Gasteiger charge is -2.29. The molecule has 0 aromatic rings. The third kappa shape index (κ3) is 26.9. The Labute approximate surface area is 439 Å². The Morgan fingerprint density at radius 1 is 0.467 bits per heavy atom. The second kappa shape index (κ2) is 34.0. The molecule has 9 atom stereocenters. The standard InChI is InChI=1S/C48H88N14O13/c1-22(2)16-28(49)39(66)61-37(26(9)10)45(72)58-32(19-34(50)64)40(67)54-20-35(65)60-36(25(7)8)46(73)62-38(27(11)12)44(71)55-29(14-13-15-53-48(51)52)41(68)56-30(17-23(3)4)42(69)57-31(18-24(5)6)43(70)59-33(21-63)47(74)75/h22-33,36-38,63H,13-21,49H2,1-12H3,(H2,50,64)(H,54,67)(H,55,71)(H,56,68)(H,57,69)(H,58,72)(H,59,70)(H,60,65)(H,61,66)(H,62,73)(H,74,75)(H4,51,52,53)/t28-,29-,30-,31-,32-,33-,36-,37-,38-/m0/s1. The number of aliphatic hydroxyl groups is 1. The largest absolute Gasteiger partial charge is 0.480 e. The van der Waals surface area contributed by atoms with Crippen LogP contribution in [-0.4, -0.2) is 155 Å². The molecule has 0 heterocycles. The van der Waals surface area contributed by atoms with E-state index in [1.54, 1.807) is 69.2 Å². The Morgan fingerprint density at radius 2 is 0.853 bits per heavy atom. The van der Waals surface area contributed by atoms with Gasteiger partial charge in [-0.05, 0) is 67.6 Å². The summed E-state index contributed by atoms with van der Waals surface area (Å²) in [6.45, 7) is 19.0. The van der Waals surface area contributed by atoms with E-state index in [1.807, 2.05) is 13.8 Å². The van der Waals surface area contributed by atoms with Gasteiger partial charge in [0, 0.05) is 6.54 Å². The smallest absolute Gasteiger partial charge is 0.328 e. The normalized spacial score (nSPS) is 15.0. The Hall–Kier alpha value is -6.64. The molecular weight excluding hydrogens is 981 g/mol. The average molecular weight is 1070 g/mol. The van der Waals surface area contributed by atoms with E-state index in [1.165, 1.54) is 0 Å². The van der Waals surface area contributed by atoms with E-state index in [-0.39, 0.29) is 55.9 Å². The summed E-state index contributed by atoms with van der Waals surface area (Å²) in [4.78, 5) is 149. The van der Waals surface area contributed by atoms with Gasteiger partial charge in [-0.2, -0.15) is 0 Å². The van der Waals surface area contributed by atoms with Gasteiger partial charge in [0.05, 0.1) is 25.6 Å². The van der Waals surface area contributed by atoms with Crippen molar-refractivity contribution in [1.82, 2.24) is 47.9 Å². The summed E-state index contributed by atoms with van der Waals surface area (Å²) in [5.41, 5.74) is 22.3. The van der Waals surface area contributed by atoms with Crippen LogP contribution in [-0.2, 0) is 52.7 Å². The van der Waals surface area contributed by atoms with Crippen molar-refractivity contribution < 1.29 is 63.0 Å². The molecule has 0 unspecified atom stereocenters. The maximum atomic E-state index is 14.1. The molecular formula is C48H88N14O13. The number of carboxylic acids is 1. The SMILES string of the molecule is CC(C)C[C@H](NC(=O)[C@H](CC(C)C)NC(=O)[C@H](CCCN=C(N)N)NC(=O)[C@@H](NC(=O)[C@@H](NC(=O)CNC(=O)[C@H](CC(N)=O)NC(=O)[C@@H](NC(=O)[C@@H](N)CC(C)C)C(C)C)C(C)C)C(C)C)C(=O)N[C@@H](CO)C(=O)O. The summed E-state index contributed by atoms with van der Waals surface area (Å²) in [6, 6.07) is -11.8. The van der Waals surface area contributed by atoms with Gasteiger partial charge in [0.15, 0.2) is 5.96 Å². The van der Waals surface area contributed by atoms with E-state index in [2.05, 4.69) is 52.8 Å². The number of amides is 10. The molecule has 0 aliphatic rings. The topological polar surface area (TPSA) is 453 Å². The molecule has 0 bridgehead atoms. The van der Waals surface area contributed by atoms with Crippen molar-refractivity contribution in [3.8, 4) is 0 Å². The van der Waals surface area contributed by atoms with Crippen LogP contribution < -0.4 is 70.8 Å². The highest BCUT2D eigenvalue weighted by Crippen LogP contribution is 2.13. The minimum atomic E-state index is -1.64. The summed E-state index contributed by atoms with van der Waals surface area (Å²) in [5, 5.41) is 41.4. The number of hydrogen-bond acceptors (Lipinski definition) is 14. The third-order valence-electron chi connectivity index (χ3n) is 11.3. The lowest BCUT2D eigenvalue weighted by atomic mass is 9.98. The zero-order valence-electron chi connectivity index (χ0n) is 45.7. The van der Waals surface area contributed by atoms with Gasteiger partial charge in [0.25, 0.3) is 0 Å². The van der Waals surface area contributed by atoms with Crippen LogP contribution in [0.4, 0.5) is 0 Å². The van der Waals surface area contributed by atoms with Crippen LogP contribution in [0.5, 0.6) is 0 Å². The van der Waals surface area contributed by atoms with E-state index in [0.29, 0.717) is 6.42 Å². The lowest BCUT2D eigenvalue weighted by Crippen LogP contribution is -2.61. The van der Waals surface area contributed by atoms with Crippen LogP contribution in [0.15, 0.2) is 4.99 Å². The predicted molar refractivity (Wildman–Crippen MR) is 278 cm³/mol. The maximum absolute atomic E-state index is 14.1. The molecule has 428 valence electrons. The number of carbonyl (C=O) groups excluding carboxylic acids is 10. The van der Waals surface area contributed by atoms with E-state index in [0.717, 1.165) is 0 Å². The fourth-order valence-corrected chi connectivity index (χ4v) is 7.35. The monoisotopic (exact) mass is 1070 g/mol. The number of nitrogens with two attached hydrogens (primary N) is 4. The second-order valence-corrected chi connectivity index (χ2v) is 20.9. The molecule has 0 radical (unpaired) electrons. The van der Waals surface area contributed by atoms with Crippen molar-refractivity contribution in [2.24, 2.45) is 63.4 Å². The number of aliphatic carboxylic acids is 1. The van der Waals surface area contributed by atoms with E-state index in [9.17, 15) is 63.0 Å². The number of aliphatic hydroxyl groups excluding tert-OH is 1. The molecule has 27 heteroatoms. The number of rotatable bonds is 35. The van der Waals surface area contributed by atoms with Crippen molar-refractivity contribution in [3.63, 3.8) is 0 Å². The fourth-order valence-electron chi connectivity index (χ4n) is 7.35. The Bertz CT molecular complexity index is 1980. The first-order valence-corrected chi connectivity index (χ1v) is 25.3. The lowest BCUT2D eigenvalue weighted by molar-refractivity contribution is -0.143. The zero-order chi connectivity index (χ0) is 58.0. The number of carboxylic acid groups (broad SMARTS) is 1. The number of hydrogen-bond donors (Lipinski definition) is 15. The molecule has 0 aliphatic carbocycles. The van der Waals surface area contributed by atoms with Crippen LogP contribution in [0.2, 0.25) is 0 Å². The first-order chi connectivity index (χ1) is 34.7. The molecule has 0 rings (SSSR count). The fraction of sp³-hybridized carbons (Fsp3) is 0.750. The molecule has 10 amide bonds. The van der Waals surface area contributed by atoms with Crippen LogP contribution >= 0.6 is 0 Å². The van der Waals surface area contributed by atoms with Crippen molar-refractivity contribution in [1.29, 1.82) is 0 Å². The number of nitrogens with zero attached hydrogens (tertiary/aromatic N) is 1. The molecule has 0 aromatic carbocycles. The van der Waals surface area contributed by atoms with Gasteiger partial charge in [0.1, 0.15) is 48.3 Å². The Morgan fingerprint density at radius 3 is 1.25 bits per heavy atom. The molecule has 27 nitrogen and oxygen atoms in total. The van der Waals surface area contributed by atoms with Crippen LogP contribution in [0, 0.1) is 35.5 Å². The van der Waals surface area contributed by atoms with Gasteiger partial charge in [-0.25, -0.2) is 4.79 Å². The molecule has 0 saturated carbocycles. The van der Waals surface area contributed by atoms with Crippen molar-refractivity contribution in [2.45, 2.75) is 176 Å². The quantitative estimate of drug-likeness (QED) is 0.0166. The highest BCUT2D eigenvalue weighted by molar-refractivity contribution is 5.99. The number of aliphatic imine (C=N–C) groups is 1. The first kappa shape index (κ1) is 68.4. The molecule has 0 fully saturated rings. The second-order valence-electron chi connectivity index (χ2n) is 20.9. The Balaban J connectivity index is 6.40. The van der Waals surface area contributed by atoms with E-state index in [4.69, 9.17) is 22.9 Å². The molecule has 0 spiro atoms. The summed E-state index contributed by atoms with van der Waals surface area (Å²) in [7, 11) is 0. The summed E-state index contributed by atoms with van der Waals surface area (Å²) in [5.74, 6) is -12.0. The van der Waals surface area contributed by atoms with Crippen molar-refractivity contribution in [3.05, 3.63) is 0 Å². The molecule has 0 aliphatic heterocycles. The van der Waals surface area contributed by atoms with Crippen molar-refractivity contribution in [2.75, 3.05) is 19.7 Å². The maximum Gasteiger partial charge on any atom is 0.328 e. The predicted octanol–water partition coefficient (Wildman–Crippen LogP) is -3.58. The van der Waals surface area contributed by atoms with E-state index < -0.39 is 157 Å². The molecule has 0 saturated heterocycles. The van der Waals surface area contributed by atoms with Gasteiger partial charge in [-0.1, -0.05) is 83.1 Å². The number of nitrogens with one attached hydrogen (secondary N) is 9. The van der Waals surface area contributed by atoms with Gasteiger partial charge in [-0.3, -0.25) is 52.9 Å². The average Bonchev–Trinajstić information content (AvgIpc) is 3.28. The van der Waals surface area contributed by atoms with Gasteiger partial charge in [-0.15, -0.1) is 0 Å². The number of guanidine groups is 1. The first-order valence-electron chi connectivity index (χ1n) is 25.3. The molecule has 75 heavy (non-hydrogen) atoms. The summed E-state index contributed by atoms with van der Waals surface area (Å²) < 4.78 is 0. The summed E-state index contributed by atoms with van der Waals surface area (Å²) in [6.07, 6.45) is -0.111. The van der Waals surface area contributed by atoms with Crippen LogP contribution in [0.25, 0.3) is 0 Å². The molecule has 19 N–H and O–H groups in total. The van der Waals surface area contributed by atoms with Gasteiger partial charge in [0.2, 0.25) is 59.1 Å². The Kier molecular flexibility index (Phi) is 31.0. The highest BCUT2D eigenvalue weighted by atomic mass is 16.4. The number of carbonyl (C=O) groups is 11. The van der Waals surface area contributed by atoms with Crippen LogP contribution in [0.1, 0.15) is 122 Å². The third-order valence-corrected chi connectivity index (χ3v) is 11.3. The highest BCUT2D eigenvalue weighted by Gasteiger charge is 2.36. The zero-order valence-corrected chi connectivity index (χ0v) is 45.7. The van der Waals surface area contributed by atoms with Gasteiger partial charge < -0.3 is 81.0 Å². The number of primary amides is 1. The minimum Gasteiger partial charge on any atom is -0.480 e.